The third kappa shape index (κ3) is 8.49. The molecule has 0 aliphatic heterocycles. The predicted octanol–water partition coefficient (Wildman–Crippen LogP) is 2.12. The van der Waals surface area contributed by atoms with Crippen LogP contribution >= 0.6 is 0 Å². The van der Waals surface area contributed by atoms with Crippen LogP contribution in [0.15, 0.2) is 42.5 Å². The van der Waals surface area contributed by atoms with Crippen molar-refractivity contribution in [3.05, 3.63) is 59.2 Å². The number of hydrogen-bond donors (Lipinski definition) is 5. The van der Waals surface area contributed by atoms with E-state index in [1.165, 1.54) is 4.90 Å². The lowest BCUT2D eigenvalue weighted by molar-refractivity contribution is -0.131. The Balaban J connectivity index is 0.00000334. The molecule has 0 aliphatic rings. The van der Waals surface area contributed by atoms with Gasteiger partial charge in [-0.3, -0.25) is 15.0 Å². The minimum atomic E-state index is -1.44. The summed E-state index contributed by atoms with van der Waals surface area (Å²) >= 11 is 0. The van der Waals surface area contributed by atoms with E-state index in [0.717, 1.165) is 24.5 Å². The smallest absolute Gasteiger partial charge is 0.255 e. The van der Waals surface area contributed by atoms with E-state index in [9.17, 15) is 19.5 Å². The van der Waals surface area contributed by atoms with E-state index in [4.69, 9.17) is 21.0 Å². The number of benzene rings is 2. The molecule has 0 radical (unpaired) electrons. The van der Waals surface area contributed by atoms with E-state index < -0.39 is 23.5 Å². The van der Waals surface area contributed by atoms with Crippen LogP contribution in [0.4, 0.5) is 11.4 Å². The minimum Gasteiger partial charge on any atom is -0.400 e. The molecule has 2 rings (SSSR count). The molecule has 2 amide bonds. The molecule has 0 saturated heterocycles. The Hall–Kier alpha value is -3.60. The zero-order chi connectivity index (χ0) is 28.2. The van der Waals surface area contributed by atoms with Crippen molar-refractivity contribution in [2.24, 2.45) is 5.73 Å². The average molecular weight is 515 g/mol. The van der Waals surface area contributed by atoms with Crippen molar-refractivity contribution >= 4 is 35.8 Å². The van der Waals surface area contributed by atoms with Crippen molar-refractivity contribution in [3.63, 3.8) is 0 Å². The van der Waals surface area contributed by atoms with E-state index in [2.05, 4.69) is 5.32 Å². The molecule has 10 nitrogen and oxygen atoms in total. The van der Waals surface area contributed by atoms with Gasteiger partial charge >= 0.3 is 0 Å². The van der Waals surface area contributed by atoms with Crippen molar-refractivity contribution < 1.29 is 29.3 Å². The molecule has 2 aromatic rings. The van der Waals surface area contributed by atoms with Crippen molar-refractivity contribution in [1.82, 2.24) is 0 Å². The van der Waals surface area contributed by atoms with Crippen LogP contribution in [0.5, 0.6) is 0 Å². The number of aldehydes is 1. The fourth-order valence-electron chi connectivity index (χ4n) is 3.54. The maximum atomic E-state index is 12.4. The second-order valence-corrected chi connectivity index (χ2v) is 8.69. The predicted molar refractivity (Wildman–Crippen MR) is 144 cm³/mol. The van der Waals surface area contributed by atoms with Crippen LogP contribution in [0, 0.1) is 12.3 Å². The molecule has 6 N–H and O–H groups in total. The third-order valence-electron chi connectivity index (χ3n) is 6.17. The van der Waals surface area contributed by atoms with Crippen LogP contribution in [0.2, 0.25) is 0 Å². The topological polar surface area (TPSA) is 166 Å². The number of ether oxygens (including phenoxy) is 1. The van der Waals surface area contributed by atoms with Crippen LogP contribution in [0.1, 0.15) is 43.9 Å². The lowest BCUT2D eigenvalue weighted by Crippen LogP contribution is -2.39. The van der Waals surface area contributed by atoms with Gasteiger partial charge in [0.25, 0.3) is 5.91 Å². The molecule has 0 fully saturated rings. The minimum absolute atomic E-state index is 0.0679. The zero-order valence-electron chi connectivity index (χ0n) is 22.0. The average Bonchev–Trinajstić information content (AvgIpc) is 2.91. The molecular weight excluding hydrogens is 476 g/mol. The van der Waals surface area contributed by atoms with Gasteiger partial charge in [-0.15, -0.1) is 0 Å². The molecular formula is C27H38N4O6. The molecule has 0 bridgehead atoms. The Morgan fingerprint density at radius 3 is 2.46 bits per heavy atom. The van der Waals surface area contributed by atoms with Gasteiger partial charge in [-0.2, -0.15) is 0 Å². The van der Waals surface area contributed by atoms with Gasteiger partial charge in [0, 0.05) is 36.0 Å². The molecule has 0 saturated carbocycles. The SMILES string of the molecule is CCC(C)(C=O)c1cccc(N(C=O)CCO[C@@H](C)C(O)C(=O)Nc2ccc(C(=N)N)c(C)c2)c1.CO. The third-order valence-corrected chi connectivity index (χ3v) is 6.17. The summed E-state index contributed by atoms with van der Waals surface area (Å²) < 4.78 is 5.62. The number of carbonyl (C=O) groups is 3. The first-order valence-corrected chi connectivity index (χ1v) is 11.9. The molecule has 10 heteroatoms. The second-order valence-electron chi connectivity index (χ2n) is 8.69. The molecule has 0 aromatic heterocycles. The number of aliphatic hydroxyl groups is 2. The molecule has 0 spiro atoms. The number of nitrogens with zero attached hydrogens (tertiary/aromatic N) is 1. The molecule has 37 heavy (non-hydrogen) atoms. The van der Waals surface area contributed by atoms with Gasteiger partial charge in [-0.1, -0.05) is 19.1 Å². The van der Waals surface area contributed by atoms with Crippen LogP contribution < -0.4 is 16.0 Å². The first kappa shape index (κ1) is 31.4. The number of nitrogens with two attached hydrogens (primary N) is 1. The van der Waals surface area contributed by atoms with Gasteiger partial charge in [-0.05, 0) is 68.7 Å². The largest absolute Gasteiger partial charge is 0.400 e. The molecule has 0 heterocycles. The van der Waals surface area contributed by atoms with Gasteiger partial charge in [0.15, 0.2) is 6.10 Å². The highest BCUT2D eigenvalue weighted by molar-refractivity contribution is 5.98. The monoisotopic (exact) mass is 514 g/mol. The first-order chi connectivity index (χ1) is 17.6. The Morgan fingerprint density at radius 1 is 1.24 bits per heavy atom. The van der Waals surface area contributed by atoms with Crippen molar-refractivity contribution in [2.45, 2.75) is 51.7 Å². The molecule has 3 atom stereocenters. The molecule has 2 aromatic carbocycles. The number of carbonyl (C=O) groups excluding carboxylic acids is 3. The Bertz CT molecular complexity index is 1080. The van der Waals surface area contributed by atoms with Crippen LogP contribution in [-0.4, -0.2) is 67.1 Å². The quantitative estimate of drug-likeness (QED) is 0.155. The number of aliphatic hydroxyl groups excluding tert-OH is 2. The molecule has 202 valence electrons. The number of nitrogen functional groups attached to an aromatic ring is 1. The summed E-state index contributed by atoms with van der Waals surface area (Å²) in [6, 6.07) is 12.1. The number of aryl methyl sites for hydroxylation is 1. The maximum absolute atomic E-state index is 12.4. The standard InChI is InChI=1S/C26H34N4O5.CH4O/c1-5-26(4,15-31)19-7-6-8-21(14-19)30(16-32)11-12-35-18(3)23(33)25(34)29-20-9-10-22(24(27)28)17(2)13-20;1-2/h6-10,13-16,18,23,33H,5,11-12H2,1-4H3,(H3,27,28)(H,29,34);2H,1H3/t18-,23?,26?;/m0./s1. The number of amides is 2. The highest BCUT2D eigenvalue weighted by atomic mass is 16.5. The van der Waals surface area contributed by atoms with Gasteiger partial charge in [-0.25, -0.2) is 0 Å². The summed E-state index contributed by atoms with van der Waals surface area (Å²) in [7, 11) is 1.00. The highest BCUT2D eigenvalue weighted by Crippen LogP contribution is 2.28. The first-order valence-electron chi connectivity index (χ1n) is 11.9. The van der Waals surface area contributed by atoms with Gasteiger partial charge in [0.2, 0.25) is 6.41 Å². The van der Waals surface area contributed by atoms with Crippen LogP contribution in [0.3, 0.4) is 0 Å². The molecule has 2 unspecified atom stereocenters. The van der Waals surface area contributed by atoms with E-state index in [1.807, 2.05) is 19.9 Å². The summed E-state index contributed by atoms with van der Waals surface area (Å²) in [5.74, 6) is -0.707. The Labute approximate surface area is 217 Å². The Morgan fingerprint density at radius 2 is 1.92 bits per heavy atom. The zero-order valence-corrected chi connectivity index (χ0v) is 22.0. The van der Waals surface area contributed by atoms with Gasteiger partial charge in [0.1, 0.15) is 12.1 Å². The number of nitrogens with one attached hydrogen (secondary N) is 2. The van der Waals surface area contributed by atoms with E-state index in [-0.39, 0.29) is 19.0 Å². The van der Waals surface area contributed by atoms with E-state index >= 15 is 0 Å². The number of amidine groups is 1. The maximum Gasteiger partial charge on any atom is 0.255 e. The fraction of sp³-hybridized carbons (Fsp3) is 0.407. The summed E-state index contributed by atoms with van der Waals surface area (Å²) in [6.45, 7) is 7.39. The summed E-state index contributed by atoms with van der Waals surface area (Å²) in [5, 5.41) is 27.5. The van der Waals surface area contributed by atoms with E-state index in [0.29, 0.717) is 29.8 Å². The van der Waals surface area contributed by atoms with Crippen molar-refractivity contribution in [2.75, 3.05) is 30.5 Å². The second kappa shape index (κ2) is 14.8. The molecule has 0 aliphatic carbocycles. The summed E-state index contributed by atoms with van der Waals surface area (Å²) in [6.07, 6.45) is -0.0529. The number of anilines is 2. The fourth-order valence-corrected chi connectivity index (χ4v) is 3.54. The van der Waals surface area contributed by atoms with E-state index in [1.54, 1.807) is 50.2 Å². The highest BCUT2D eigenvalue weighted by Gasteiger charge is 2.25. The van der Waals surface area contributed by atoms with Gasteiger partial charge < -0.3 is 35.7 Å². The number of hydrogen-bond acceptors (Lipinski definition) is 7. The lowest BCUT2D eigenvalue weighted by Gasteiger charge is -2.25. The summed E-state index contributed by atoms with van der Waals surface area (Å²) in [5.41, 5.74) is 8.05. The van der Waals surface area contributed by atoms with Crippen molar-refractivity contribution in [1.29, 1.82) is 5.41 Å². The Kier molecular flexibility index (Phi) is 12.6. The van der Waals surface area contributed by atoms with Crippen molar-refractivity contribution in [3.8, 4) is 0 Å². The summed E-state index contributed by atoms with van der Waals surface area (Å²) in [4.78, 5) is 37.2. The normalized spacial score (nSPS) is 13.7. The lowest BCUT2D eigenvalue weighted by atomic mass is 9.81. The number of rotatable bonds is 13. The van der Waals surface area contributed by atoms with Gasteiger partial charge in [0.05, 0.1) is 12.7 Å². The van der Waals surface area contributed by atoms with Crippen LogP contribution in [-0.2, 0) is 24.5 Å². The van der Waals surface area contributed by atoms with Crippen LogP contribution in [0.25, 0.3) is 0 Å².